The standard InChI is InChI=1S/C58H37N3S/c1-4-16-41(17-5-1)55-59-56(42-36-32-39(33-37-42)38-30-34-40(35-31-38)45-24-14-25-47-46-22-11-13-29-52(46)62-54(45)47)61-57(60-55)49-26-15-28-51-53(49)48-23-10-12-27-50(48)58(51,43-18-6-2-7-19-43)44-20-8-3-9-21-44/h1-37H. The molecular formula is C58H37N3S. The molecule has 1 aliphatic rings. The largest absolute Gasteiger partial charge is 0.208 e. The van der Waals surface area contributed by atoms with Crippen LogP contribution >= 0.6 is 11.3 Å². The zero-order valence-corrected chi connectivity index (χ0v) is 34.4. The quantitative estimate of drug-likeness (QED) is 0.161. The molecule has 0 radical (unpaired) electrons. The minimum atomic E-state index is -0.525. The second-order valence-electron chi connectivity index (χ2n) is 15.9. The van der Waals surface area contributed by atoms with Gasteiger partial charge in [-0.25, -0.2) is 15.0 Å². The fourth-order valence-corrected chi connectivity index (χ4v) is 10.9. The summed E-state index contributed by atoms with van der Waals surface area (Å²) in [5.41, 5.74) is 14.3. The van der Waals surface area contributed by atoms with Crippen LogP contribution in [0.4, 0.5) is 0 Å². The molecule has 9 aromatic carbocycles. The summed E-state index contributed by atoms with van der Waals surface area (Å²) in [6.45, 7) is 0. The van der Waals surface area contributed by atoms with Crippen molar-refractivity contribution in [3.8, 4) is 67.5 Å². The number of thiophene rings is 1. The van der Waals surface area contributed by atoms with Gasteiger partial charge < -0.3 is 0 Å². The second-order valence-corrected chi connectivity index (χ2v) is 16.9. The predicted molar refractivity (Wildman–Crippen MR) is 257 cm³/mol. The minimum absolute atomic E-state index is 0.525. The molecule has 0 atom stereocenters. The number of nitrogens with zero attached hydrogens (tertiary/aromatic N) is 3. The van der Waals surface area contributed by atoms with Gasteiger partial charge in [0.25, 0.3) is 0 Å². The molecule has 0 saturated heterocycles. The van der Waals surface area contributed by atoms with Crippen molar-refractivity contribution in [2.75, 3.05) is 0 Å². The van der Waals surface area contributed by atoms with Crippen LogP contribution in [0.2, 0.25) is 0 Å². The summed E-state index contributed by atoms with van der Waals surface area (Å²) < 4.78 is 2.65. The summed E-state index contributed by atoms with van der Waals surface area (Å²) in [5, 5.41) is 2.63. The van der Waals surface area contributed by atoms with E-state index in [-0.39, 0.29) is 0 Å². The van der Waals surface area contributed by atoms with Crippen molar-refractivity contribution >= 4 is 31.5 Å². The highest BCUT2D eigenvalue weighted by Crippen LogP contribution is 2.58. The van der Waals surface area contributed by atoms with Crippen LogP contribution in [0.5, 0.6) is 0 Å². The Balaban J connectivity index is 0.963. The van der Waals surface area contributed by atoms with Gasteiger partial charge in [0.15, 0.2) is 17.5 Å². The molecule has 62 heavy (non-hydrogen) atoms. The SMILES string of the molecule is c1ccc(-c2nc(-c3ccc(-c4ccc(-c5cccc6c5sc5ccccc56)cc4)cc3)nc(-c3cccc4c3-c3ccccc3C4(c3ccccc3)c3ccccc3)n2)cc1. The molecule has 2 aromatic heterocycles. The average molecular weight is 808 g/mol. The maximum Gasteiger partial charge on any atom is 0.164 e. The molecule has 0 bridgehead atoms. The highest BCUT2D eigenvalue weighted by molar-refractivity contribution is 7.26. The number of rotatable bonds is 7. The van der Waals surface area contributed by atoms with Gasteiger partial charge in [0.1, 0.15) is 0 Å². The van der Waals surface area contributed by atoms with Crippen LogP contribution in [0, 0.1) is 0 Å². The molecule has 4 heteroatoms. The Morgan fingerprint density at radius 1 is 0.306 bits per heavy atom. The third-order valence-corrected chi connectivity index (χ3v) is 13.7. The van der Waals surface area contributed by atoms with Crippen molar-refractivity contribution in [3.05, 3.63) is 247 Å². The molecule has 3 nitrogen and oxygen atoms in total. The van der Waals surface area contributed by atoms with Crippen LogP contribution in [0.15, 0.2) is 224 Å². The molecule has 2 heterocycles. The van der Waals surface area contributed by atoms with Gasteiger partial charge in [-0.3, -0.25) is 0 Å². The Labute approximate surface area is 364 Å². The fraction of sp³-hybridized carbons (Fsp3) is 0.0172. The van der Waals surface area contributed by atoms with Gasteiger partial charge in [0, 0.05) is 36.9 Å². The normalized spacial score (nSPS) is 12.6. The van der Waals surface area contributed by atoms with Crippen LogP contribution in [-0.4, -0.2) is 15.0 Å². The van der Waals surface area contributed by atoms with Crippen molar-refractivity contribution in [1.82, 2.24) is 15.0 Å². The molecule has 1 aliphatic carbocycles. The van der Waals surface area contributed by atoms with E-state index in [2.05, 4.69) is 206 Å². The Bertz CT molecular complexity index is 3390. The van der Waals surface area contributed by atoms with Gasteiger partial charge in [-0.1, -0.05) is 218 Å². The summed E-state index contributed by atoms with van der Waals surface area (Å²) in [5.74, 6) is 1.92. The van der Waals surface area contributed by atoms with Crippen LogP contribution in [0.3, 0.4) is 0 Å². The highest BCUT2D eigenvalue weighted by Gasteiger charge is 2.47. The molecule has 11 aromatic rings. The van der Waals surface area contributed by atoms with Gasteiger partial charge in [-0.2, -0.15) is 0 Å². The maximum absolute atomic E-state index is 5.31. The van der Waals surface area contributed by atoms with Crippen LogP contribution < -0.4 is 0 Å². The van der Waals surface area contributed by atoms with E-state index >= 15 is 0 Å². The lowest BCUT2D eigenvalue weighted by molar-refractivity contribution is 0.768. The van der Waals surface area contributed by atoms with Crippen molar-refractivity contribution in [2.45, 2.75) is 5.41 Å². The molecule has 290 valence electrons. The molecule has 0 amide bonds. The fourth-order valence-electron chi connectivity index (χ4n) is 9.65. The molecule has 0 fully saturated rings. The molecule has 0 spiro atoms. The topological polar surface area (TPSA) is 38.7 Å². The maximum atomic E-state index is 5.31. The van der Waals surface area contributed by atoms with Crippen molar-refractivity contribution in [3.63, 3.8) is 0 Å². The summed E-state index contributed by atoms with van der Waals surface area (Å²) >= 11 is 1.87. The number of fused-ring (bicyclic) bond motifs is 6. The predicted octanol–water partition coefficient (Wildman–Crippen LogP) is 14.9. The Morgan fingerprint density at radius 3 is 1.47 bits per heavy atom. The zero-order valence-electron chi connectivity index (χ0n) is 33.6. The number of benzene rings is 9. The first-order valence-electron chi connectivity index (χ1n) is 21.0. The van der Waals surface area contributed by atoms with Crippen molar-refractivity contribution in [2.24, 2.45) is 0 Å². The molecule has 0 N–H and O–H groups in total. The van der Waals surface area contributed by atoms with Crippen LogP contribution in [-0.2, 0) is 5.41 Å². The van der Waals surface area contributed by atoms with Crippen LogP contribution in [0.25, 0.3) is 87.7 Å². The number of hydrogen-bond acceptors (Lipinski definition) is 4. The van der Waals surface area contributed by atoms with E-state index in [1.165, 1.54) is 59.1 Å². The lowest BCUT2D eigenvalue weighted by atomic mass is 9.67. The van der Waals surface area contributed by atoms with Gasteiger partial charge in [0.2, 0.25) is 0 Å². The minimum Gasteiger partial charge on any atom is -0.208 e. The van der Waals surface area contributed by atoms with Crippen molar-refractivity contribution < 1.29 is 0 Å². The molecular weight excluding hydrogens is 771 g/mol. The smallest absolute Gasteiger partial charge is 0.164 e. The van der Waals surface area contributed by atoms with Gasteiger partial charge in [-0.15, -0.1) is 11.3 Å². The summed E-state index contributed by atoms with van der Waals surface area (Å²) in [6.07, 6.45) is 0. The van der Waals surface area contributed by atoms with E-state index in [1.54, 1.807) is 0 Å². The summed E-state index contributed by atoms with van der Waals surface area (Å²) in [4.78, 5) is 15.7. The first-order chi connectivity index (χ1) is 30.7. The molecule has 0 unspecified atom stereocenters. The van der Waals surface area contributed by atoms with E-state index in [0.717, 1.165) is 33.4 Å². The van der Waals surface area contributed by atoms with E-state index < -0.39 is 5.41 Å². The van der Waals surface area contributed by atoms with Gasteiger partial charge in [-0.05, 0) is 61.7 Å². The third-order valence-electron chi connectivity index (χ3n) is 12.5. The van der Waals surface area contributed by atoms with E-state index in [0.29, 0.717) is 17.5 Å². The summed E-state index contributed by atoms with van der Waals surface area (Å²) in [7, 11) is 0. The monoisotopic (exact) mass is 807 g/mol. The first-order valence-corrected chi connectivity index (χ1v) is 21.8. The Morgan fingerprint density at radius 2 is 0.774 bits per heavy atom. The van der Waals surface area contributed by atoms with Gasteiger partial charge >= 0.3 is 0 Å². The number of hydrogen-bond donors (Lipinski definition) is 0. The van der Waals surface area contributed by atoms with E-state index in [9.17, 15) is 0 Å². The zero-order chi connectivity index (χ0) is 41.0. The second kappa shape index (κ2) is 14.7. The molecule has 0 aliphatic heterocycles. The Hall–Kier alpha value is -7.79. The van der Waals surface area contributed by atoms with Gasteiger partial charge in [0.05, 0.1) is 5.41 Å². The number of aromatic nitrogens is 3. The average Bonchev–Trinajstić information content (AvgIpc) is 3.89. The molecule has 0 saturated carbocycles. The van der Waals surface area contributed by atoms with Crippen molar-refractivity contribution in [1.29, 1.82) is 0 Å². The highest BCUT2D eigenvalue weighted by atomic mass is 32.1. The van der Waals surface area contributed by atoms with Crippen LogP contribution in [0.1, 0.15) is 22.3 Å². The first kappa shape index (κ1) is 36.1. The lowest BCUT2D eigenvalue weighted by Crippen LogP contribution is -2.28. The lowest BCUT2D eigenvalue weighted by Gasteiger charge is -2.33. The summed E-state index contributed by atoms with van der Waals surface area (Å²) in [6, 6.07) is 80.3. The molecule has 12 rings (SSSR count). The third kappa shape index (κ3) is 5.76. The Kier molecular flexibility index (Phi) is 8.58. The van der Waals surface area contributed by atoms with E-state index in [4.69, 9.17) is 15.0 Å². The van der Waals surface area contributed by atoms with E-state index in [1.807, 2.05) is 29.5 Å².